The standard InChI is InChI=1S/C24H36O4Si.C23H34O6.C23H30O6.C21H28O5.C21H28O4.7CH4/c1-15(25)27-17-9-11-23(2)16(13-17)14-20(26)22-18-7-8-21(28-29(4,5)6)24(18,3)12-10-19(22)23;2*1-12(24)28-15-5-7-22(3)14(9-15)10-18(26)20-16(22)6-8-23(4)17(20)11-19(21(23)27)29-13(2)25;1-11(22)26-13-4-6-20(2)12(8-13)9-16(23)18-14(20)5-7-21(3)15(18)10-17(24)19(21)25;1-12(22)25-14-6-8-20(2)13(10-14)11-17(23)19-15-4-5-18(24)21(15,3)9-7-16(19)20;;;;;;;/h8,14,17-19,22H,7,9-13H2,1-6H3;10,15-21,26-27H,5-9,11H2,1-4H3;10,15-17,19-20H,5-9,11H2,1-4H3;9,13-15,17-18,24H,4-8,10H2,1-3H3;11,14-16,19H,4-10H2,1-3H3;7*1H4/t17-,18-,19-,22-,23-,24-;15-,16-,17-,18-,19?,20+,21-,22-,23-;15-,16-,17-,19?,20+,22-,23-;13-,14-,15-,17?,18+,20-,21-;14-,15-,16-,19-,20-,21-;;;;;;;/m00000......./s1. The average molecular weight is 2040 g/mol. The number of hydrogen-bond acceptors (Lipinski definition) is 25. The van der Waals surface area contributed by atoms with Gasteiger partial charge in [-0.05, 0) is 303 Å². The number of fused-ring (bicyclic) bond motifs is 25. The van der Waals surface area contributed by atoms with Crippen molar-refractivity contribution in [2.45, 2.75) is 449 Å². The third kappa shape index (κ3) is 21.4. The van der Waals surface area contributed by atoms with E-state index in [-0.39, 0.29) is 256 Å². The van der Waals surface area contributed by atoms with Crippen molar-refractivity contribution in [2.75, 3.05) is 0 Å². The van der Waals surface area contributed by atoms with Crippen LogP contribution in [0, 0.1) is 143 Å². The smallest absolute Gasteiger partial charge is 0.303 e. The highest BCUT2D eigenvalue weighted by Crippen LogP contribution is 2.71. The van der Waals surface area contributed by atoms with Gasteiger partial charge in [-0.25, -0.2) is 0 Å². The number of ether oxygens (including phenoxy) is 7. The van der Waals surface area contributed by atoms with Crippen molar-refractivity contribution in [1.82, 2.24) is 0 Å². The second-order valence-electron chi connectivity index (χ2n) is 49.7. The normalized spacial score (nSPS) is 43.2. The zero-order valence-corrected chi connectivity index (χ0v) is 86.6. The van der Waals surface area contributed by atoms with Gasteiger partial charge in [-0.15, -0.1) is 0 Å². The molecule has 20 rings (SSSR count). The van der Waals surface area contributed by atoms with E-state index < -0.39 is 55.6 Å². The summed E-state index contributed by atoms with van der Waals surface area (Å²) in [6, 6.07) is 0. The van der Waals surface area contributed by atoms with Crippen molar-refractivity contribution in [3.8, 4) is 0 Å². The summed E-state index contributed by atoms with van der Waals surface area (Å²) in [4.78, 5) is 171. The third-order valence-corrected chi connectivity index (χ3v) is 41.8. The first-order valence-corrected chi connectivity index (χ1v) is 55.9. The molecule has 26 heteroatoms. The number of allylic oxidation sites excluding steroid dienone is 6. The summed E-state index contributed by atoms with van der Waals surface area (Å²) in [7, 11) is -1.68. The zero-order chi connectivity index (χ0) is 100. The Hall–Kier alpha value is -7.68. The Bertz CT molecular complexity index is 5170. The van der Waals surface area contributed by atoms with E-state index in [4.69, 9.17) is 37.6 Å². The zero-order valence-electron chi connectivity index (χ0n) is 85.6. The molecule has 0 aromatic rings. The minimum absolute atomic E-state index is 0. The lowest BCUT2D eigenvalue weighted by Gasteiger charge is -2.58. The number of carbonyl (C=O) groups excluding carboxylic acids is 14. The van der Waals surface area contributed by atoms with Gasteiger partial charge in [-0.3, -0.25) is 67.1 Å². The summed E-state index contributed by atoms with van der Waals surface area (Å²) < 4.78 is 44.5. The Kier molecular flexibility index (Phi) is 36.6. The number of rotatable bonds is 9. The van der Waals surface area contributed by atoms with E-state index in [9.17, 15) is 82.4 Å². The van der Waals surface area contributed by atoms with Gasteiger partial charge >= 0.3 is 41.8 Å². The molecule has 20 aliphatic carbocycles. The summed E-state index contributed by atoms with van der Waals surface area (Å²) in [6.07, 6.45) is 32.7. The number of aliphatic hydroxyl groups excluding tert-OH is 3. The fraction of sp³-hybridized carbons (Fsp3) is 0.782. The number of hydrogen-bond donors (Lipinski definition) is 3. The third-order valence-electron chi connectivity index (χ3n) is 41.0. The molecule has 0 bridgehead atoms. The van der Waals surface area contributed by atoms with Gasteiger partial charge in [-0.2, -0.15) is 0 Å². The van der Waals surface area contributed by atoms with Gasteiger partial charge in [-0.1, -0.05) is 155 Å². The van der Waals surface area contributed by atoms with Crippen LogP contribution >= 0.6 is 0 Å². The Balaban J connectivity index is 0.000000200. The molecule has 0 saturated heterocycles. The molecule has 0 aromatic heterocycles. The summed E-state index contributed by atoms with van der Waals surface area (Å²) in [5.41, 5.74) is 3.85. The van der Waals surface area contributed by atoms with E-state index in [2.05, 4.69) is 81.1 Å². The van der Waals surface area contributed by atoms with Crippen LogP contribution in [0.4, 0.5) is 0 Å². The van der Waals surface area contributed by atoms with Crippen LogP contribution < -0.4 is 0 Å². The van der Waals surface area contributed by atoms with Gasteiger partial charge < -0.3 is 52.9 Å². The summed E-state index contributed by atoms with van der Waals surface area (Å²) in [5, 5.41) is 32.3. The Labute approximate surface area is 868 Å². The topological polar surface area (TPSA) is 374 Å². The average Bonchev–Trinajstić information content (AvgIpc) is 1.52. The maximum atomic E-state index is 13.4. The van der Waals surface area contributed by atoms with Crippen LogP contribution in [0.3, 0.4) is 0 Å². The second-order valence-corrected chi connectivity index (χ2v) is 54.1. The molecule has 14 fully saturated rings. The van der Waals surface area contributed by atoms with E-state index in [1.165, 1.54) is 65.2 Å². The van der Waals surface area contributed by atoms with Crippen LogP contribution in [0.5, 0.6) is 0 Å². The molecule has 0 aromatic carbocycles. The Morgan fingerprint density at radius 3 is 1.01 bits per heavy atom. The van der Waals surface area contributed by atoms with Crippen molar-refractivity contribution in [1.29, 1.82) is 0 Å². The van der Waals surface area contributed by atoms with Gasteiger partial charge in [0.25, 0.3) is 0 Å². The fourth-order valence-corrected chi connectivity index (χ4v) is 34.7. The summed E-state index contributed by atoms with van der Waals surface area (Å²) in [5.74, 6) is 1.74. The predicted octanol–water partition coefficient (Wildman–Crippen LogP) is 22.0. The SMILES string of the molecule is C.C.C.C.C.C.C.CC(=O)OC1C[C@H]2[C@@H]3C(=O)C=C4C[C@@H](OC(C)=O)CC[C@]4(C)[C@H]3CC[C@]2(C)C1=O.CC(=O)OC1C[C@H]2[C@@H]3[C@@H](O)C=C4C[C@@H](OC(C)=O)CC[C@]4(C)[C@H]3CC[C@]2(C)[C@H]1O.CC(=O)O[C@H]1CC[C@@]2(C)C(=CC(=O)[C@@H]3[C@@H]2CC[C@]2(C)C(=O)C(O)C[C@@H]32)C1.CC(=O)O[C@H]1CC[C@@]2(C)C(=CC(=O)[C@@H]3[C@@H]2CC[C@]2(C)C(=O)CC[C@@H]32)C1.CC(=O)O[C@H]1CC[C@@]2(C)C(=CC(=O)[C@@H]3[C@@H]2CC[C@]2(C)C(O[Si](C)(C)C)=CC[C@@H]32)C1. The molecule has 35 atom stereocenters. The largest absolute Gasteiger partial charge is 0.547 e. The molecule has 145 heavy (non-hydrogen) atoms. The predicted molar refractivity (Wildman–Crippen MR) is 559 cm³/mol. The maximum absolute atomic E-state index is 13.4. The number of carbonyl (C=O) groups is 14. The van der Waals surface area contributed by atoms with Gasteiger partial charge in [0.05, 0.1) is 18.0 Å². The van der Waals surface area contributed by atoms with E-state index in [1.54, 1.807) is 12.2 Å². The van der Waals surface area contributed by atoms with Crippen LogP contribution in [0.15, 0.2) is 70.1 Å². The highest BCUT2D eigenvalue weighted by molar-refractivity contribution is 6.70. The van der Waals surface area contributed by atoms with Crippen LogP contribution in [0.25, 0.3) is 0 Å². The molecule has 0 heterocycles. The van der Waals surface area contributed by atoms with Crippen molar-refractivity contribution >= 4 is 90.6 Å². The molecular weight excluding hydrogens is 1860 g/mol. The molecule has 0 spiro atoms. The first-order chi connectivity index (χ1) is 64.5. The summed E-state index contributed by atoms with van der Waals surface area (Å²) in [6.45, 7) is 38.5. The molecule has 3 N–H and O–H groups in total. The molecule has 20 aliphatic rings. The van der Waals surface area contributed by atoms with Crippen LogP contribution in [0.1, 0.15) is 369 Å². The van der Waals surface area contributed by atoms with Crippen molar-refractivity contribution in [3.63, 3.8) is 0 Å². The molecule has 3 unspecified atom stereocenters. The lowest BCUT2D eigenvalue weighted by molar-refractivity contribution is -0.155. The van der Waals surface area contributed by atoms with E-state index in [0.717, 1.165) is 165 Å². The Morgan fingerprint density at radius 1 is 0.324 bits per heavy atom. The maximum Gasteiger partial charge on any atom is 0.303 e. The molecule has 0 aliphatic heterocycles. The molecule has 0 amide bonds. The highest BCUT2D eigenvalue weighted by atomic mass is 28.4. The second kappa shape index (κ2) is 43.9. The molecular formula is C119H184O25Si. The minimum atomic E-state index is -1.68. The van der Waals surface area contributed by atoms with Crippen LogP contribution in [-0.2, 0) is 105 Å². The first kappa shape index (κ1) is 121. The number of ketones is 7. The van der Waals surface area contributed by atoms with Crippen molar-refractivity contribution in [2.24, 2.45) is 143 Å². The first-order valence-electron chi connectivity index (χ1n) is 52.5. The molecule has 25 nitrogen and oxygen atoms in total. The van der Waals surface area contributed by atoms with E-state index in [0.29, 0.717) is 86.6 Å². The molecule has 14 saturated carbocycles. The number of Topliss-reactive ketones (excluding diaryl/α,β-unsaturated/α-hetero) is 3. The molecule has 0 radical (unpaired) electrons. The fourth-order valence-electron chi connectivity index (χ4n) is 33.7. The highest BCUT2D eigenvalue weighted by Gasteiger charge is 2.70. The van der Waals surface area contributed by atoms with Gasteiger partial charge in [0.1, 0.15) is 48.5 Å². The number of esters is 7. The van der Waals surface area contributed by atoms with Crippen LogP contribution in [-0.4, -0.2) is 167 Å². The van der Waals surface area contributed by atoms with E-state index in [1.807, 2.05) is 32.1 Å². The van der Waals surface area contributed by atoms with Gasteiger partial charge in [0, 0.05) is 138 Å². The lowest BCUT2D eigenvalue weighted by Crippen LogP contribution is -2.55. The van der Waals surface area contributed by atoms with Gasteiger partial charge in [0.2, 0.25) is 8.32 Å². The van der Waals surface area contributed by atoms with Crippen molar-refractivity contribution in [3.05, 3.63) is 70.1 Å². The van der Waals surface area contributed by atoms with Crippen LogP contribution in [0.2, 0.25) is 19.6 Å². The molecule has 814 valence electrons. The van der Waals surface area contributed by atoms with Crippen molar-refractivity contribution < 1.29 is 120 Å². The van der Waals surface area contributed by atoms with Gasteiger partial charge in [0.15, 0.2) is 40.8 Å². The quantitative estimate of drug-likeness (QED) is 0.0835. The minimum Gasteiger partial charge on any atom is -0.547 e. The number of aliphatic hydroxyl groups is 3. The Morgan fingerprint density at radius 2 is 0.634 bits per heavy atom. The summed E-state index contributed by atoms with van der Waals surface area (Å²) >= 11 is 0. The van der Waals surface area contributed by atoms with E-state index >= 15 is 0 Å². The monoisotopic (exact) mass is 2040 g/mol. The lowest BCUT2D eigenvalue weighted by atomic mass is 9.47.